The molecule has 0 atom stereocenters. The van der Waals surface area contributed by atoms with Crippen molar-refractivity contribution in [1.29, 1.82) is 0 Å². The van der Waals surface area contributed by atoms with E-state index in [1.807, 2.05) is 25.1 Å². The highest BCUT2D eigenvalue weighted by Gasteiger charge is 2.09. The lowest BCUT2D eigenvalue weighted by molar-refractivity contribution is 0.102. The van der Waals surface area contributed by atoms with Crippen LogP contribution >= 0.6 is 0 Å². The minimum atomic E-state index is -0.734. The summed E-state index contributed by atoms with van der Waals surface area (Å²) in [5.41, 5.74) is 1.37. The zero-order valence-corrected chi connectivity index (χ0v) is 11.2. The molecule has 2 aromatic carbocycles. The predicted octanol–water partition coefficient (Wildman–Crippen LogP) is 3.28. The first-order valence-electron chi connectivity index (χ1n) is 6.00. The molecule has 0 radical (unpaired) electrons. The van der Waals surface area contributed by atoms with Gasteiger partial charge in [0.2, 0.25) is 0 Å². The predicted molar refractivity (Wildman–Crippen MR) is 75.1 cm³/mol. The number of rotatable bonds is 3. The number of amides is 1. The number of anilines is 2. The number of hydrogen-bond acceptors (Lipinski definition) is 2. The van der Waals surface area contributed by atoms with Gasteiger partial charge in [-0.05, 0) is 30.3 Å². The van der Waals surface area contributed by atoms with Crippen LogP contribution in [0.3, 0.4) is 0 Å². The van der Waals surface area contributed by atoms with Crippen molar-refractivity contribution in [1.82, 2.24) is 0 Å². The van der Waals surface area contributed by atoms with Crippen molar-refractivity contribution in [2.45, 2.75) is 0 Å². The van der Waals surface area contributed by atoms with Gasteiger partial charge in [0, 0.05) is 37.1 Å². The molecule has 0 aliphatic carbocycles. The van der Waals surface area contributed by atoms with E-state index in [0.29, 0.717) is 5.56 Å². The normalized spacial score (nSPS) is 10.2. The molecule has 0 spiro atoms. The first-order chi connectivity index (χ1) is 9.45. The lowest BCUT2D eigenvalue weighted by Crippen LogP contribution is -2.14. The summed E-state index contributed by atoms with van der Waals surface area (Å²) in [7, 11) is 3.72. The van der Waals surface area contributed by atoms with Crippen molar-refractivity contribution in [3.8, 4) is 0 Å². The van der Waals surface area contributed by atoms with Gasteiger partial charge in [-0.2, -0.15) is 0 Å². The molecule has 0 aromatic heterocycles. The molecule has 104 valence electrons. The first kappa shape index (κ1) is 14.0. The molecule has 5 heteroatoms. The van der Waals surface area contributed by atoms with Crippen LogP contribution in [0.4, 0.5) is 20.2 Å². The van der Waals surface area contributed by atoms with Gasteiger partial charge < -0.3 is 10.2 Å². The molecule has 0 saturated heterocycles. The summed E-state index contributed by atoms with van der Waals surface area (Å²) in [5, 5.41) is 2.47. The molecule has 3 nitrogen and oxygen atoms in total. The topological polar surface area (TPSA) is 32.3 Å². The van der Waals surface area contributed by atoms with Crippen LogP contribution in [0.25, 0.3) is 0 Å². The number of nitrogens with zero attached hydrogens (tertiary/aromatic N) is 1. The van der Waals surface area contributed by atoms with E-state index >= 15 is 0 Å². The third-order valence-corrected chi connectivity index (χ3v) is 2.75. The maximum atomic E-state index is 13.1. The van der Waals surface area contributed by atoms with E-state index < -0.39 is 17.5 Å². The lowest BCUT2D eigenvalue weighted by Gasteiger charge is -2.13. The highest BCUT2D eigenvalue weighted by atomic mass is 19.1. The van der Waals surface area contributed by atoms with E-state index in [0.717, 1.165) is 23.9 Å². The first-order valence-corrected chi connectivity index (χ1v) is 6.00. The zero-order chi connectivity index (χ0) is 14.7. The van der Waals surface area contributed by atoms with E-state index in [2.05, 4.69) is 5.32 Å². The van der Waals surface area contributed by atoms with Crippen LogP contribution in [0.5, 0.6) is 0 Å². The molecule has 1 amide bonds. The van der Waals surface area contributed by atoms with Gasteiger partial charge in [0.1, 0.15) is 11.6 Å². The molecule has 0 aliphatic heterocycles. The third kappa shape index (κ3) is 3.32. The van der Waals surface area contributed by atoms with Crippen molar-refractivity contribution < 1.29 is 13.6 Å². The van der Waals surface area contributed by atoms with E-state index in [9.17, 15) is 13.6 Å². The molecule has 2 rings (SSSR count). The van der Waals surface area contributed by atoms with Crippen LogP contribution < -0.4 is 10.2 Å². The van der Waals surface area contributed by atoms with Crippen LogP contribution in [0, 0.1) is 11.6 Å². The fraction of sp³-hybridized carbons (Fsp3) is 0.133. The average Bonchev–Trinajstić information content (AvgIpc) is 2.37. The van der Waals surface area contributed by atoms with Crippen LogP contribution in [0.1, 0.15) is 10.4 Å². The van der Waals surface area contributed by atoms with E-state index in [4.69, 9.17) is 0 Å². The summed E-state index contributed by atoms with van der Waals surface area (Å²) in [6, 6.07) is 9.83. The largest absolute Gasteiger partial charge is 0.378 e. The Hall–Kier alpha value is -2.43. The summed E-state index contributed by atoms with van der Waals surface area (Å²) in [6.07, 6.45) is 0. The summed E-state index contributed by atoms with van der Waals surface area (Å²) >= 11 is 0. The minimum Gasteiger partial charge on any atom is -0.378 e. The van der Waals surface area contributed by atoms with Gasteiger partial charge in [0.05, 0.1) is 0 Å². The van der Waals surface area contributed by atoms with Gasteiger partial charge in [0.15, 0.2) is 0 Å². The second-order valence-corrected chi connectivity index (χ2v) is 4.56. The van der Waals surface area contributed by atoms with Gasteiger partial charge in [-0.1, -0.05) is 6.07 Å². The summed E-state index contributed by atoms with van der Waals surface area (Å²) in [5.74, 6) is -1.89. The number of benzene rings is 2. The maximum absolute atomic E-state index is 13.1. The molecule has 0 fully saturated rings. The number of carbonyl (C=O) groups excluding carboxylic acids is 1. The van der Waals surface area contributed by atoms with Crippen molar-refractivity contribution in [2.24, 2.45) is 0 Å². The number of halogens is 2. The fourth-order valence-corrected chi connectivity index (χ4v) is 1.75. The van der Waals surface area contributed by atoms with E-state index in [1.54, 1.807) is 18.2 Å². The summed E-state index contributed by atoms with van der Waals surface area (Å²) in [6.45, 7) is 0. The second-order valence-electron chi connectivity index (χ2n) is 4.56. The standard InChI is InChI=1S/C15H14F2N2O/c1-19(2)14-5-3-4-10(6-14)15(20)18-13-8-11(16)7-12(17)9-13/h3-9H,1-2H3,(H,18,20). The molecular formula is C15H14F2N2O. The summed E-state index contributed by atoms with van der Waals surface area (Å²) < 4.78 is 26.1. The van der Waals surface area contributed by atoms with Crippen LogP contribution in [-0.2, 0) is 0 Å². The molecule has 20 heavy (non-hydrogen) atoms. The van der Waals surface area contributed by atoms with Gasteiger partial charge in [0.25, 0.3) is 5.91 Å². The Morgan fingerprint density at radius 2 is 1.70 bits per heavy atom. The number of nitrogens with one attached hydrogen (secondary N) is 1. The van der Waals surface area contributed by atoms with E-state index in [1.165, 1.54) is 0 Å². The molecule has 0 bridgehead atoms. The fourth-order valence-electron chi connectivity index (χ4n) is 1.75. The highest BCUT2D eigenvalue weighted by molar-refractivity contribution is 6.04. The molecular weight excluding hydrogens is 262 g/mol. The molecule has 0 heterocycles. The second kappa shape index (κ2) is 5.69. The van der Waals surface area contributed by atoms with Crippen molar-refractivity contribution in [2.75, 3.05) is 24.3 Å². The number of hydrogen-bond donors (Lipinski definition) is 1. The maximum Gasteiger partial charge on any atom is 0.255 e. The number of carbonyl (C=O) groups is 1. The molecule has 1 N–H and O–H groups in total. The quantitative estimate of drug-likeness (QED) is 0.933. The molecule has 0 unspecified atom stereocenters. The average molecular weight is 276 g/mol. The summed E-state index contributed by atoms with van der Waals surface area (Å²) in [4.78, 5) is 13.9. The minimum absolute atomic E-state index is 0.0859. The van der Waals surface area contributed by atoms with Gasteiger partial charge in [-0.15, -0.1) is 0 Å². The highest BCUT2D eigenvalue weighted by Crippen LogP contribution is 2.17. The Labute approximate surface area is 115 Å². The van der Waals surface area contributed by atoms with Crippen molar-refractivity contribution >= 4 is 17.3 Å². The monoisotopic (exact) mass is 276 g/mol. The van der Waals surface area contributed by atoms with Gasteiger partial charge in [-0.3, -0.25) is 4.79 Å². The molecule has 0 saturated carbocycles. The van der Waals surface area contributed by atoms with Crippen LogP contribution in [-0.4, -0.2) is 20.0 Å². The Morgan fingerprint density at radius 3 is 2.30 bits per heavy atom. The Morgan fingerprint density at radius 1 is 1.05 bits per heavy atom. The third-order valence-electron chi connectivity index (χ3n) is 2.75. The molecule has 0 aliphatic rings. The van der Waals surface area contributed by atoms with Crippen molar-refractivity contribution in [3.63, 3.8) is 0 Å². The van der Waals surface area contributed by atoms with Crippen molar-refractivity contribution in [3.05, 3.63) is 59.7 Å². The van der Waals surface area contributed by atoms with E-state index in [-0.39, 0.29) is 5.69 Å². The van der Waals surface area contributed by atoms with Crippen LogP contribution in [0.2, 0.25) is 0 Å². The Bertz CT molecular complexity index is 621. The zero-order valence-electron chi connectivity index (χ0n) is 11.2. The Kier molecular flexibility index (Phi) is 3.98. The smallest absolute Gasteiger partial charge is 0.255 e. The SMILES string of the molecule is CN(C)c1cccc(C(=O)Nc2cc(F)cc(F)c2)c1. The van der Waals surface area contributed by atoms with Gasteiger partial charge in [-0.25, -0.2) is 8.78 Å². The Balaban J connectivity index is 2.21. The van der Waals surface area contributed by atoms with Gasteiger partial charge >= 0.3 is 0 Å². The molecule has 2 aromatic rings. The lowest BCUT2D eigenvalue weighted by atomic mass is 10.1. The van der Waals surface area contributed by atoms with Crippen LogP contribution in [0.15, 0.2) is 42.5 Å².